The van der Waals surface area contributed by atoms with Gasteiger partial charge in [-0.3, -0.25) is 9.34 Å². The summed E-state index contributed by atoms with van der Waals surface area (Å²) in [6, 6.07) is 18.9. The molecule has 0 aromatic heterocycles. The summed E-state index contributed by atoms with van der Waals surface area (Å²) in [5.41, 5.74) is 2.40. The number of hydrogen-bond acceptors (Lipinski definition) is 5. The van der Waals surface area contributed by atoms with Gasteiger partial charge >= 0.3 is 0 Å². The molecule has 0 spiro atoms. The van der Waals surface area contributed by atoms with Gasteiger partial charge in [0, 0.05) is 4.90 Å². The van der Waals surface area contributed by atoms with Crippen LogP contribution in [0.15, 0.2) is 64.6 Å². The minimum Gasteiger partial charge on any atom is -0.264 e. The average molecular weight is 314 g/mol. The van der Waals surface area contributed by atoms with E-state index in [-0.39, 0.29) is 0 Å². The Morgan fingerprint density at radius 1 is 1.00 bits per heavy atom. The third-order valence-electron chi connectivity index (χ3n) is 3.35. The molecule has 0 bridgehead atoms. The number of para-hydroxylation sites is 2. The van der Waals surface area contributed by atoms with Crippen molar-refractivity contribution < 1.29 is 0 Å². The molecule has 2 aromatic rings. The molecule has 0 saturated carbocycles. The van der Waals surface area contributed by atoms with Crippen LogP contribution in [0.4, 0.5) is 11.4 Å². The molecular weight excluding hydrogens is 299 g/mol. The van der Waals surface area contributed by atoms with E-state index in [0.29, 0.717) is 0 Å². The number of nitrogens with zero attached hydrogens (tertiary/aromatic N) is 4. The standard InChI is InChI=1S/C15H15N4PS/c1-17(2)20-18-13-10-6-7-11-14(13)21-15(18)16-19(20)12-8-4-3-5-9-12/h3-11H,1-2H3. The van der Waals surface area contributed by atoms with Crippen LogP contribution in [0.1, 0.15) is 0 Å². The molecule has 0 N–H and O–H groups in total. The lowest BCUT2D eigenvalue weighted by Crippen LogP contribution is -2.26. The predicted molar refractivity (Wildman–Crippen MR) is 91.7 cm³/mol. The van der Waals surface area contributed by atoms with E-state index in [1.54, 1.807) is 11.8 Å². The Morgan fingerprint density at radius 2 is 1.71 bits per heavy atom. The smallest absolute Gasteiger partial charge is 0.206 e. The van der Waals surface area contributed by atoms with E-state index in [2.05, 4.69) is 76.7 Å². The highest BCUT2D eigenvalue weighted by atomic mass is 32.2. The van der Waals surface area contributed by atoms with Gasteiger partial charge in [0.2, 0.25) is 8.37 Å². The highest BCUT2D eigenvalue weighted by Gasteiger charge is 2.43. The first-order valence-corrected chi connectivity index (χ1v) is 8.75. The van der Waals surface area contributed by atoms with Crippen LogP contribution >= 0.6 is 20.1 Å². The lowest BCUT2D eigenvalue weighted by atomic mass is 10.3. The van der Waals surface area contributed by atoms with Crippen LogP contribution < -0.4 is 9.45 Å². The van der Waals surface area contributed by atoms with E-state index >= 15 is 0 Å². The molecule has 0 saturated heterocycles. The van der Waals surface area contributed by atoms with Crippen LogP contribution in [0.25, 0.3) is 0 Å². The van der Waals surface area contributed by atoms with Gasteiger partial charge in [-0.1, -0.05) is 30.3 Å². The zero-order chi connectivity index (χ0) is 14.4. The zero-order valence-corrected chi connectivity index (χ0v) is 13.6. The Hall–Kier alpha value is -1.55. The van der Waals surface area contributed by atoms with Crippen molar-refractivity contribution in [3.63, 3.8) is 0 Å². The normalized spacial score (nSPS) is 19.8. The molecule has 0 aliphatic carbocycles. The molecule has 2 heterocycles. The molecular formula is C15H15N4PS. The molecule has 2 aliphatic rings. The Kier molecular flexibility index (Phi) is 3.14. The molecule has 0 amide bonds. The van der Waals surface area contributed by atoms with Gasteiger partial charge in [0.05, 0.1) is 11.4 Å². The lowest BCUT2D eigenvalue weighted by molar-refractivity contribution is 0.673. The van der Waals surface area contributed by atoms with Crippen molar-refractivity contribution in [2.24, 2.45) is 5.10 Å². The predicted octanol–water partition coefficient (Wildman–Crippen LogP) is 4.18. The number of hydrazone groups is 1. The van der Waals surface area contributed by atoms with Crippen molar-refractivity contribution >= 4 is 36.7 Å². The number of amidine groups is 1. The molecule has 6 heteroatoms. The maximum absolute atomic E-state index is 4.86. The van der Waals surface area contributed by atoms with Gasteiger partial charge in [-0.05, 0) is 50.1 Å². The fraction of sp³-hybridized carbons (Fsp3) is 0.133. The monoisotopic (exact) mass is 314 g/mol. The number of benzene rings is 2. The van der Waals surface area contributed by atoms with Crippen molar-refractivity contribution in [3.05, 3.63) is 54.6 Å². The fourth-order valence-electron chi connectivity index (χ4n) is 2.48. The molecule has 4 nitrogen and oxygen atoms in total. The van der Waals surface area contributed by atoms with Crippen molar-refractivity contribution in [1.82, 2.24) is 4.67 Å². The first kappa shape index (κ1) is 13.1. The van der Waals surface area contributed by atoms with E-state index < -0.39 is 8.37 Å². The van der Waals surface area contributed by atoms with Crippen molar-refractivity contribution in [3.8, 4) is 0 Å². The van der Waals surface area contributed by atoms with Crippen molar-refractivity contribution in [2.45, 2.75) is 4.90 Å². The van der Waals surface area contributed by atoms with Crippen molar-refractivity contribution in [1.29, 1.82) is 0 Å². The third kappa shape index (κ3) is 2.04. The zero-order valence-electron chi connectivity index (χ0n) is 11.8. The van der Waals surface area contributed by atoms with E-state index in [1.807, 2.05) is 6.07 Å². The lowest BCUT2D eigenvalue weighted by Gasteiger charge is -2.33. The first-order valence-electron chi connectivity index (χ1n) is 6.74. The highest BCUT2D eigenvalue weighted by Crippen LogP contribution is 2.61. The molecule has 0 radical (unpaired) electrons. The second-order valence-corrected chi connectivity index (χ2v) is 8.13. The van der Waals surface area contributed by atoms with Crippen molar-refractivity contribution in [2.75, 3.05) is 23.5 Å². The Labute approximate surface area is 130 Å². The number of hydrogen-bond donors (Lipinski definition) is 0. The minimum absolute atomic E-state index is 0.695. The van der Waals surface area contributed by atoms with Gasteiger partial charge in [-0.25, -0.2) is 4.78 Å². The summed E-state index contributed by atoms with van der Waals surface area (Å²) >= 11 is 1.75. The Morgan fingerprint density at radius 3 is 2.48 bits per heavy atom. The van der Waals surface area contributed by atoms with Gasteiger partial charge < -0.3 is 0 Å². The summed E-state index contributed by atoms with van der Waals surface area (Å²) in [6.07, 6.45) is 0. The quantitative estimate of drug-likeness (QED) is 0.775. The second-order valence-electron chi connectivity index (χ2n) is 5.00. The first-order chi connectivity index (χ1) is 10.3. The van der Waals surface area contributed by atoms with Crippen LogP contribution in [0.5, 0.6) is 0 Å². The summed E-state index contributed by atoms with van der Waals surface area (Å²) in [5.74, 6) is 0. The number of fused-ring (bicyclic) bond motifs is 3. The van der Waals surface area contributed by atoms with Crippen LogP contribution in [-0.2, 0) is 0 Å². The van der Waals surface area contributed by atoms with E-state index in [4.69, 9.17) is 5.10 Å². The maximum atomic E-state index is 4.86. The summed E-state index contributed by atoms with van der Waals surface area (Å²) in [5, 5.41) is 5.93. The van der Waals surface area contributed by atoms with Gasteiger partial charge in [0.25, 0.3) is 0 Å². The largest absolute Gasteiger partial charge is 0.264 e. The van der Waals surface area contributed by atoms with Crippen LogP contribution in [0.3, 0.4) is 0 Å². The molecule has 0 fully saturated rings. The molecule has 4 rings (SSSR count). The van der Waals surface area contributed by atoms with Gasteiger partial charge in [-0.15, -0.1) is 5.10 Å². The molecule has 1 atom stereocenters. The van der Waals surface area contributed by atoms with Gasteiger partial charge in [0.15, 0.2) is 5.17 Å². The SMILES string of the molecule is CN(C)P1N(c2ccccc2)N=C2Sc3ccccc3N21. The molecule has 2 aromatic carbocycles. The van der Waals surface area contributed by atoms with Crippen LogP contribution in [0.2, 0.25) is 0 Å². The number of anilines is 2. The number of thioether (sulfide) groups is 1. The summed E-state index contributed by atoms with van der Waals surface area (Å²) in [6.45, 7) is 0. The Balaban J connectivity index is 1.79. The average Bonchev–Trinajstić information content (AvgIpc) is 3.03. The third-order valence-corrected chi connectivity index (χ3v) is 6.63. The van der Waals surface area contributed by atoms with Crippen LogP contribution in [-0.4, -0.2) is 23.9 Å². The highest BCUT2D eigenvalue weighted by molar-refractivity contribution is 8.15. The number of rotatable bonds is 2. The summed E-state index contributed by atoms with van der Waals surface area (Å²) in [7, 11) is 3.54. The minimum atomic E-state index is -0.695. The van der Waals surface area contributed by atoms with Gasteiger partial charge in [-0.2, -0.15) is 0 Å². The van der Waals surface area contributed by atoms with Gasteiger partial charge in [0.1, 0.15) is 0 Å². The molecule has 106 valence electrons. The second kappa shape index (κ2) is 5.02. The van der Waals surface area contributed by atoms with E-state index in [1.165, 1.54) is 10.6 Å². The summed E-state index contributed by atoms with van der Waals surface area (Å²) in [4.78, 5) is 1.29. The summed E-state index contributed by atoms with van der Waals surface area (Å²) < 4.78 is 6.76. The van der Waals surface area contributed by atoms with Crippen LogP contribution in [0, 0.1) is 0 Å². The maximum Gasteiger partial charge on any atom is 0.206 e. The molecule has 1 unspecified atom stereocenters. The molecule has 2 aliphatic heterocycles. The fourth-order valence-corrected chi connectivity index (χ4v) is 5.79. The van der Waals surface area contributed by atoms with E-state index in [0.717, 1.165) is 10.9 Å². The van der Waals surface area contributed by atoms with E-state index in [9.17, 15) is 0 Å². The topological polar surface area (TPSA) is 22.1 Å². The Bertz CT molecular complexity index is 704. The molecule has 21 heavy (non-hydrogen) atoms.